The van der Waals surface area contributed by atoms with Crippen molar-refractivity contribution < 1.29 is 22.8 Å². The van der Waals surface area contributed by atoms with E-state index < -0.39 is 24.7 Å². The lowest BCUT2D eigenvalue weighted by Gasteiger charge is -2.24. The molecule has 2 aliphatic heterocycles. The third-order valence-corrected chi connectivity index (χ3v) is 3.60. The average Bonchev–Trinajstić information content (AvgIpc) is 2.68. The molecule has 8 heteroatoms. The van der Waals surface area contributed by atoms with E-state index in [1.165, 1.54) is 0 Å². The van der Waals surface area contributed by atoms with Crippen LogP contribution in [0.15, 0.2) is 0 Å². The van der Waals surface area contributed by atoms with E-state index in [0.29, 0.717) is 6.54 Å². The van der Waals surface area contributed by atoms with Crippen LogP contribution < -0.4 is 10.6 Å². The number of carbonyl (C=O) groups is 2. The van der Waals surface area contributed by atoms with Gasteiger partial charge in [0, 0.05) is 19.5 Å². The molecule has 0 saturated carbocycles. The highest BCUT2D eigenvalue weighted by Gasteiger charge is 2.39. The first-order valence-electron chi connectivity index (χ1n) is 6.71. The van der Waals surface area contributed by atoms with Crippen LogP contribution in [0.25, 0.3) is 0 Å². The third-order valence-electron chi connectivity index (χ3n) is 3.60. The predicted octanol–water partition coefficient (Wildman–Crippen LogP) is 0.265. The summed E-state index contributed by atoms with van der Waals surface area (Å²) in [4.78, 5) is 24.2. The summed E-state index contributed by atoms with van der Waals surface area (Å²) >= 11 is 0. The molecule has 20 heavy (non-hydrogen) atoms. The molecular formula is C12H18F3N3O2. The lowest BCUT2D eigenvalue weighted by atomic mass is 9.98. The van der Waals surface area contributed by atoms with Crippen LogP contribution in [0.2, 0.25) is 0 Å². The van der Waals surface area contributed by atoms with E-state index >= 15 is 0 Å². The van der Waals surface area contributed by atoms with Crippen LogP contribution in [0.4, 0.5) is 13.2 Å². The van der Waals surface area contributed by atoms with Gasteiger partial charge in [0.15, 0.2) is 0 Å². The number of nitrogens with zero attached hydrogens (tertiary/aromatic N) is 1. The van der Waals surface area contributed by atoms with Crippen molar-refractivity contribution in [2.45, 2.75) is 31.5 Å². The van der Waals surface area contributed by atoms with E-state index in [9.17, 15) is 22.8 Å². The van der Waals surface area contributed by atoms with Crippen LogP contribution in [0.1, 0.15) is 19.3 Å². The Hall–Kier alpha value is -1.31. The molecule has 0 aliphatic carbocycles. The molecule has 0 aromatic heterocycles. The maximum Gasteiger partial charge on any atom is 0.406 e. The molecule has 0 radical (unpaired) electrons. The number of carbonyl (C=O) groups excluding carboxylic acids is 2. The second-order valence-corrected chi connectivity index (χ2v) is 5.34. The molecule has 0 aromatic rings. The van der Waals surface area contributed by atoms with Crippen molar-refractivity contribution >= 4 is 11.8 Å². The normalized spacial score (nSPS) is 27.8. The van der Waals surface area contributed by atoms with E-state index in [-0.39, 0.29) is 24.8 Å². The number of alkyl halides is 3. The van der Waals surface area contributed by atoms with Crippen molar-refractivity contribution in [3.05, 3.63) is 0 Å². The van der Waals surface area contributed by atoms with Gasteiger partial charge in [0.25, 0.3) is 0 Å². The summed E-state index contributed by atoms with van der Waals surface area (Å²) in [5.74, 6) is -0.895. The van der Waals surface area contributed by atoms with E-state index in [0.717, 1.165) is 24.3 Å². The molecule has 5 nitrogen and oxygen atoms in total. The Morgan fingerprint density at radius 2 is 2.20 bits per heavy atom. The lowest BCUT2D eigenvalue weighted by Crippen LogP contribution is -2.45. The number of nitrogens with one attached hydrogen (secondary N) is 2. The number of likely N-dealkylation sites (tertiary alicyclic amines) is 1. The summed E-state index contributed by atoms with van der Waals surface area (Å²) in [7, 11) is 0. The summed E-state index contributed by atoms with van der Waals surface area (Å²) in [5.41, 5.74) is 0. The van der Waals surface area contributed by atoms with Gasteiger partial charge in [0.1, 0.15) is 6.54 Å². The van der Waals surface area contributed by atoms with E-state index in [4.69, 9.17) is 0 Å². The quantitative estimate of drug-likeness (QED) is 0.785. The third kappa shape index (κ3) is 4.09. The van der Waals surface area contributed by atoms with Crippen LogP contribution in [-0.4, -0.2) is 55.1 Å². The van der Waals surface area contributed by atoms with Gasteiger partial charge in [-0.1, -0.05) is 0 Å². The molecule has 2 atom stereocenters. The minimum Gasteiger partial charge on any atom is -0.351 e. The van der Waals surface area contributed by atoms with Crippen LogP contribution in [0, 0.1) is 5.92 Å². The maximum absolute atomic E-state index is 12.3. The fraction of sp³-hybridized carbons (Fsp3) is 0.833. The van der Waals surface area contributed by atoms with Crippen LogP contribution >= 0.6 is 0 Å². The van der Waals surface area contributed by atoms with E-state index in [2.05, 4.69) is 10.6 Å². The fourth-order valence-electron chi connectivity index (χ4n) is 2.63. The highest BCUT2D eigenvalue weighted by Crippen LogP contribution is 2.21. The Labute approximate surface area is 114 Å². The monoisotopic (exact) mass is 293 g/mol. The molecular weight excluding hydrogens is 275 g/mol. The summed E-state index contributed by atoms with van der Waals surface area (Å²) in [6.45, 7) is 0.150. The highest BCUT2D eigenvalue weighted by atomic mass is 19.4. The zero-order chi connectivity index (χ0) is 14.8. The number of amides is 2. The molecule has 2 saturated heterocycles. The SMILES string of the molecule is O=C(N[C@@H]1CC(=O)N(CC(F)(F)F)C1)[C@H]1CCCNC1. The Morgan fingerprint density at radius 1 is 1.45 bits per heavy atom. The molecule has 2 fully saturated rings. The van der Waals surface area contributed by atoms with Crippen molar-refractivity contribution in [2.75, 3.05) is 26.2 Å². The van der Waals surface area contributed by atoms with Crippen LogP contribution in [0.3, 0.4) is 0 Å². The van der Waals surface area contributed by atoms with Gasteiger partial charge in [0.2, 0.25) is 11.8 Å². The Bertz CT molecular complexity index is 381. The number of hydrogen-bond acceptors (Lipinski definition) is 3. The summed E-state index contributed by atoms with van der Waals surface area (Å²) in [5, 5.41) is 5.79. The second kappa shape index (κ2) is 5.99. The number of piperidine rings is 1. The van der Waals surface area contributed by atoms with Crippen LogP contribution in [-0.2, 0) is 9.59 Å². The van der Waals surface area contributed by atoms with Gasteiger partial charge in [-0.05, 0) is 19.4 Å². The number of halogens is 3. The van der Waals surface area contributed by atoms with Crippen molar-refractivity contribution in [3.8, 4) is 0 Å². The Kier molecular flexibility index (Phi) is 4.52. The van der Waals surface area contributed by atoms with Crippen molar-refractivity contribution in [1.29, 1.82) is 0 Å². The zero-order valence-electron chi connectivity index (χ0n) is 11.0. The van der Waals surface area contributed by atoms with Gasteiger partial charge < -0.3 is 15.5 Å². The van der Waals surface area contributed by atoms with Crippen molar-refractivity contribution in [1.82, 2.24) is 15.5 Å². The minimum absolute atomic E-state index is 0.0536. The van der Waals surface area contributed by atoms with Crippen molar-refractivity contribution in [3.63, 3.8) is 0 Å². The van der Waals surface area contributed by atoms with E-state index in [1.807, 2.05) is 0 Å². The lowest BCUT2D eigenvalue weighted by molar-refractivity contribution is -0.157. The molecule has 0 aromatic carbocycles. The van der Waals surface area contributed by atoms with Gasteiger partial charge in [0.05, 0.1) is 12.0 Å². The molecule has 2 aliphatic rings. The first-order chi connectivity index (χ1) is 9.35. The molecule has 2 N–H and O–H groups in total. The van der Waals surface area contributed by atoms with Gasteiger partial charge in [-0.2, -0.15) is 13.2 Å². The summed E-state index contributed by atoms with van der Waals surface area (Å²) in [6, 6.07) is -0.515. The molecule has 2 amide bonds. The molecule has 0 bridgehead atoms. The predicted molar refractivity (Wildman–Crippen MR) is 64.8 cm³/mol. The van der Waals surface area contributed by atoms with Crippen molar-refractivity contribution in [2.24, 2.45) is 5.92 Å². The van der Waals surface area contributed by atoms with Gasteiger partial charge in [-0.15, -0.1) is 0 Å². The number of rotatable bonds is 3. The fourth-order valence-corrected chi connectivity index (χ4v) is 2.63. The molecule has 2 heterocycles. The molecule has 0 spiro atoms. The number of hydrogen-bond donors (Lipinski definition) is 2. The first-order valence-corrected chi connectivity index (χ1v) is 6.71. The molecule has 0 unspecified atom stereocenters. The summed E-state index contributed by atoms with van der Waals surface area (Å²) < 4.78 is 36.8. The molecule has 114 valence electrons. The Morgan fingerprint density at radius 3 is 2.80 bits per heavy atom. The largest absolute Gasteiger partial charge is 0.406 e. The first kappa shape index (κ1) is 15.1. The zero-order valence-corrected chi connectivity index (χ0v) is 11.0. The Balaban J connectivity index is 1.82. The smallest absolute Gasteiger partial charge is 0.351 e. The molecule has 2 rings (SSSR count). The standard InChI is InChI=1S/C12H18F3N3O2/c13-12(14,15)7-18-6-9(4-10(18)19)17-11(20)8-2-1-3-16-5-8/h8-9,16H,1-7H2,(H,17,20)/t8-,9+/m0/s1. The van der Waals surface area contributed by atoms with Gasteiger partial charge in [-0.3, -0.25) is 9.59 Å². The topological polar surface area (TPSA) is 61.4 Å². The van der Waals surface area contributed by atoms with Gasteiger partial charge in [-0.25, -0.2) is 0 Å². The maximum atomic E-state index is 12.3. The second-order valence-electron chi connectivity index (χ2n) is 5.34. The minimum atomic E-state index is -4.40. The average molecular weight is 293 g/mol. The van der Waals surface area contributed by atoms with Crippen LogP contribution in [0.5, 0.6) is 0 Å². The summed E-state index contributed by atoms with van der Waals surface area (Å²) in [6.07, 6.45) is -2.78. The highest BCUT2D eigenvalue weighted by molar-refractivity contribution is 5.83. The van der Waals surface area contributed by atoms with Gasteiger partial charge >= 0.3 is 6.18 Å². The van der Waals surface area contributed by atoms with E-state index in [1.54, 1.807) is 0 Å².